The van der Waals surface area contributed by atoms with E-state index in [2.05, 4.69) is 25.3 Å². The average Bonchev–Trinajstić information content (AvgIpc) is 2.88. The first-order valence-electron chi connectivity index (χ1n) is 13.1. The van der Waals surface area contributed by atoms with E-state index in [9.17, 15) is 9.90 Å². The number of ether oxygens (including phenoxy) is 3. The number of anilines is 1. The molecule has 0 bridgehead atoms. The minimum atomic E-state index is -0.364. The van der Waals surface area contributed by atoms with E-state index in [1.165, 1.54) is 0 Å². The Bertz CT molecular complexity index is 957. The van der Waals surface area contributed by atoms with Gasteiger partial charge in [-0.05, 0) is 93.0 Å². The van der Waals surface area contributed by atoms with Gasteiger partial charge < -0.3 is 24.2 Å². The lowest BCUT2D eigenvalue weighted by molar-refractivity contribution is 0.0174. The second kappa shape index (κ2) is 15.3. The quantitative estimate of drug-likeness (QED) is 0.290. The van der Waals surface area contributed by atoms with Crippen molar-refractivity contribution >= 4 is 17.2 Å². The molecule has 0 radical (unpaired) electrons. The largest absolute Gasteiger partial charge is 0.508 e. The van der Waals surface area contributed by atoms with Crippen LogP contribution in [0.25, 0.3) is 5.57 Å². The van der Waals surface area contributed by atoms with Crippen molar-refractivity contribution in [2.75, 3.05) is 38.4 Å². The summed E-state index contributed by atoms with van der Waals surface area (Å²) in [7, 11) is 2.00. The lowest BCUT2D eigenvalue weighted by atomic mass is 9.94. The maximum Gasteiger partial charge on any atom is 0.338 e. The molecule has 3 rings (SSSR count). The van der Waals surface area contributed by atoms with Gasteiger partial charge in [0.15, 0.2) is 0 Å². The summed E-state index contributed by atoms with van der Waals surface area (Å²) in [5.74, 6) is -0.176. The molecule has 1 aliphatic rings. The maximum atomic E-state index is 12.3. The van der Waals surface area contributed by atoms with Crippen LogP contribution in [0.1, 0.15) is 79.9 Å². The molecule has 1 fully saturated rings. The molecule has 1 heterocycles. The fourth-order valence-corrected chi connectivity index (χ4v) is 4.09. The second-order valence-corrected chi connectivity index (χ2v) is 9.03. The zero-order chi connectivity index (χ0) is 26.5. The molecule has 2 aromatic carbocycles. The Morgan fingerprint density at radius 3 is 2.39 bits per heavy atom. The van der Waals surface area contributed by atoms with Crippen LogP contribution in [0.2, 0.25) is 0 Å². The highest BCUT2D eigenvalue weighted by atomic mass is 16.5. The van der Waals surface area contributed by atoms with Gasteiger partial charge in [0, 0.05) is 38.1 Å². The monoisotopic (exact) mass is 497 g/mol. The highest BCUT2D eigenvalue weighted by Crippen LogP contribution is 2.35. The van der Waals surface area contributed by atoms with E-state index in [-0.39, 0.29) is 17.9 Å². The first-order chi connectivity index (χ1) is 17.3. The van der Waals surface area contributed by atoms with Crippen molar-refractivity contribution in [1.82, 2.24) is 0 Å². The molecule has 2 aromatic rings. The number of rotatable bonds is 10. The molecule has 0 spiro atoms. The minimum Gasteiger partial charge on any atom is -0.508 e. The third kappa shape index (κ3) is 8.68. The lowest BCUT2D eigenvalue weighted by Crippen LogP contribution is -2.37. The van der Waals surface area contributed by atoms with E-state index in [1.54, 1.807) is 25.1 Å². The van der Waals surface area contributed by atoms with Gasteiger partial charge in [0.25, 0.3) is 0 Å². The smallest absolute Gasteiger partial charge is 0.338 e. The van der Waals surface area contributed by atoms with Crippen molar-refractivity contribution < 1.29 is 24.1 Å². The van der Waals surface area contributed by atoms with Gasteiger partial charge in [0.2, 0.25) is 0 Å². The summed E-state index contributed by atoms with van der Waals surface area (Å²) in [6.45, 7) is 15.2. The molecule has 6 heteroatoms. The predicted octanol–water partition coefficient (Wildman–Crippen LogP) is 6.72. The summed E-state index contributed by atoms with van der Waals surface area (Å²) in [6.07, 6.45) is 5.41. The number of hydrogen-bond acceptors (Lipinski definition) is 6. The van der Waals surface area contributed by atoms with E-state index in [0.29, 0.717) is 12.2 Å². The molecule has 1 unspecified atom stereocenters. The van der Waals surface area contributed by atoms with E-state index in [0.717, 1.165) is 79.9 Å². The van der Waals surface area contributed by atoms with Gasteiger partial charge >= 0.3 is 5.97 Å². The number of phenolic OH excluding ortho intramolecular Hbond substituents is 1. The average molecular weight is 498 g/mol. The first-order valence-corrected chi connectivity index (χ1v) is 13.1. The summed E-state index contributed by atoms with van der Waals surface area (Å²) in [6, 6.07) is 10.9. The van der Waals surface area contributed by atoms with E-state index in [1.807, 2.05) is 32.2 Å². The van der Waals surface area contributed by atoms with Gasteiger partial charge in [-0.2, -0.15) is 0 Å². The van der Waals surface area contributed by atoms with Crippen LogP contribution in [0, 0.1) is 6.92 Å². The third-order valence-corrected chi connectivity index (χ3v) is 5.91. The maximum absolute atomic E-state index is 12.3. The SMILES string of the molecule is C=C(c1cc(C)cc(O)c1)c1cc(C(=O)OCC)ccc1N(C)C1CCCCO1.CCCOCCC. The Kier molecular flexibility index (Phi) is 12.5. The van der Waals surface area contributed by atoms with Gasteiger partial charge in [0.1, 0.15) is 12.0 Å². The van der Waals surface area contributed by atoms with Gasteiger partial charge in [-0.25, -0.2) is 4.79 Å². The van der Waals surface area contributed by atoms with Crippen LogP contribution in [-0.4, -0.2) is 50.8 Å². The predicted molar refractivity (Wildman–Crippen MR) is 147 cm³/mol. The van der Waals surface area contributed by atoms with Crippen LogP contribution in [0.15, 0.2) is 43.0 Å². The normalized spacial score (nSPS) is 15.0. The number of phenols is 1. The first kappa shape index (κ1) is 29.4. The summed E-state index contributed by atoms with van der Waals surface area (Å²) in [4.78, 5) is 14.4. The fraction of sp³-hybridized carbons (Fsp3) is 0.500. The summed E-state index contributed by atoms with van der Waals surface area (Å²) >= 11 is 0. The van der Waals surface area contributed by atoms with Gasteiger partial charge in [-0.15, -0.1) is 0 Å². The molecule has 1 N–H and O–H groups in total. The number of esters is 1. The lowest BCUT2D eigenvalue weighted by Gasteiger charge is -2.34. The number of benzene rings is 2. The molecule has 1 atom stereocenters. The summed E-state index contributed by atoms with van der Waals surface area (Å²) in [5, 5.41) is 10.0. The zero-order valence-electron chi connectivity index (χ0n) is 22.6. The zero-order valence-corrected chi connectivity index (χ0v) is 22.6. The van der Waals surface area contributed by atoms with Crippen molar-refractivity contribution in [1.29, 1.82) is 0 Å². The van der Waals surface area contributed by atoms with Crippen LogP contribution < -0.4 is 4.90 Å². The fourth-order valence-electron chi connectivity index (χ4n) is 4.09. The van der Waals surface area contributed by atoms with Crippen LogP contribution in [0.4, 0.5) is 5.69 Å². The Hall–Kier alpha value is -2.83. The molecular weight excluding hydrogens is 454 g/mol. The number of carbonyl (C=O) groups excluding carboxylic acids is 1. The molecule has 0 saturated carbocycles. The number of hydrogen-bond donors (Lipinski definition) is 1. The Morgan fingerprint density at radius 1 is 1.08 bits per heavy atom. The molecule has 198 valence electrons. The topological polar surface area (TPSA) is 68.2 Å². The Labute approximate surface area is 216 Å². The summed E-state index contributed by atoms with van der Waals surface area (Å²) in [5.41, 5.74) is 4.69. The van der Waals surface area contributed by atoms with Crippen molar-refractivity contribution in [3.8, 4) is 5.75 Å². The standard InChI is InChI=1S/C24H29NO4.C6H14O/c1-5-28-24(27)18-9-10-22(25(4)23-8-6-7-11-29-23)21(15-18)17(3)19-12-16(2)13-20(26)14-19;1-3-5-7-6-4-2/h9-10,12-15,23,26H,3,5-8,11H2,1-2,4H3;3-6H2,1-2H3. The molecule has 0 amide bonds. The van der Waals surface area contributed by atoms with Crippen molar-refractivity contribution in [2.24, 2.45) is 0 Å². The van der Waals surface area contributed by atoms with Gasteiger partial charge in [-0.1, -0.05) is 26.5 Å². The van der Waals surface area contributed by atoms with Crippen LogP contribution >= 0.6 is 0 Å². The van der Waals surface area contributed by atoms with Crippen LogP contribution in [0.3, 0.4) is 0 Å². The Balaban J connectivity index is 0.000000572. The van der Waals surface area contributed by atoms with E-state index >= 15 is 0 Å². The highest BCUT2D eigenvalue weighted by Gasteiger charge is 2.23. The van der Waals surface area contributed by atoms with E-state index < -0.39 is 0 Å². The van der Waals surface area contributed by atoms with E-state index in [4.69, 9.17) is 14.2 Å². The molecule has 36 heavy (non-hydrogen) atoms. The van der Waals surface area contributed by atoms with Crippen molar-refractivity contribution in [3.05, 3.63) is 65.2 Å². The second-order valence-electron chi connectivity index (χ2n) is 9.03. The summed E-state index contributed by atoms with van der Waals surface area (Å²) < 4.78 is 16.3. The number of aromatic hydroxyl groups is 1. The number of carbonyl (C=O) groups is 1. The molecule has 0 aliphatic carbocycles. The van der Waals surface area contributed by atoms with Crippen LogP contribution in [-0.2, 0) is 14.2 Å². The van der Waals surface area contributed by atoms with Crippen molar-refractivity contribution in [2.45, 2.75) is 66.0 Å². The number of aryl methyl sites for hydroxylation is 1. The minimum absolute atomic E-state index is 0.0188. The van der Waals surface area contributed by atoms with Crippen LogP contribution in [0.5, 0.6) is 5.75 Å². The van der Waals surface area contributed by atoms with Gasteiger partial charge in [0.05, 0.1) is 12.2 Å². The molecule has 6 nitrogen and oxygen atoms in total. The molecule has 1 saturated heterocycles. The van der Waals surface area contributed by atoms with Gasteiger partial charge in [-0.3, -0.25) is 0 Å². The molecule has 1 aliphatic heterocycles. The number of nitrogens with zero attached hydrogens (tertiary/aromatic N) is 1. The van der Waals surface area contributed by atoms with Crippen molar-refractivity contribution in [3.63, 3.8) is 0 Å². The molecule has 0 aromatic heterocycles. The third-order valence-electron chi connectivity index (χ3n) is 5.91. The highest BCUT2D eigenvalue weighted by molar-refractivity contribution is 5.94. The molecular formula is C30H43NO5. The Morgan fingerprint density at radius 2 is 1.81 bits per heavy atom.